The van der Waals surface area contributed by atoms with E-state index in [0.29, 0.717) is 5.95 Å². The van der Waals surface area contributed by atoms with E-state index in [0.717, 1.165) is 48.4 Å². The number of para-hydroxylation sites is 1. The van der Waals surface area contributed by atoms with Gasteiger partial charge in [-0.1, -0.05) is 46.3 Å². The van der Waals surface area contributed by atoms with Gasteiger partial charge in [0.25, 0.3) is 0 Å². The number of benzene rings is 3. The summed E-state index contributed by atoms with van der Waals surface area (Å²) < 4.78 is 15.9. The molecule has 3 heterocycles. The molecular formula is C25H18Br2N4O2. The van der Waals surface area contributed by atoms with Gasteiger partial charge < -0.3 is 14.8 Å². The van der Waals surface area contributed by atoms with Gasteiger partial charge in [-0.25, -0.2) is 4.68 Å². The van der Waals surface area contributed by atoms with Crippen LogP contribution >= 0.6 is 31.9 Å². The highest BCUT2D eigenvalue weighted by Gasteiger charge is 2.41. The van der Waals surface area contributed by atoms with Crippen molar-refractivity contribution in [1.82, 2.24) is 14.8 Å². The van der Waals surface area contributed by atoms with Gasteiger partial charge in [0.05, 0.1) is 17.3 Å². The second-order valence-electron chi connectivity index (χ2n) is 7.83. The molecule has 0 amide bonds. The highest BCUT2D eigenvalue weighted by molar-refractivity contribution is 9.10. The van der Waals surface area contributed by atoms with Crippen LogP contribution in [-0.4, -0.2) is 21.9 Å². The maximum Gasteiger partial charge on any atom is 0.226 e. The molecule has 0 spiro atoms. The molecule has 6 nitrogen and oxygen atoms in total. The van der Waals surface area contributed by atoms with Crippen molar-refractivity contribution in [2.24, 2.45) is 0 Å². The smallest absolute Gasteiger partial charge is 0.226 e. The first-order chi connectivity index (χ1) is 16.1. The van der Waals surface area contributed by atoms with Crippen molar-refractivity contribution in [3.05, 3.63) is 104 Å². The fourth-order valence-corrected chi connectivity index (χ4v) is 5.33. The van der Waals surface area contributed by atoms with Gasteiger partial charge in [0.1, 0.15) is 30.0 Å². The van der Waals surface area contributed by atoms with E-state index in [9.17, 15) is 0 Å². The molecule has 6 rings (SSSR count). The number of hydrogen-bond donors (Lipinski definition) is 1. The first-order valence-corrected chi connectivity index (χ1v) is 12.0. The first-order valence-electron chi connectivity index (χ1n) is 10.4. The Morgan fingerprint density at radius 3 is 2.58 bits per heavy atom. The number of aromatic nitrogens is 3. The predicted octanol–water partition coefficient (Wildman–Crippen LogP) is 6.37. The van der Waals surface area contributed by atoms with E-state index < -0.39 is 0 Å². The van der Waals surface area contributed by atoms with E-state index in [-0.39, 0.29) is 12.1 Å². The number of methoxy groups -OCH3 is 1. The number of fused-ring (bicyclic) bond motifs is 3. The molecule has 0 fully saturated rings. The zero-order chi connectivity index (χ0) is 22.5. The first kappa shape index (κ1) is 20.5. The fraction of sp³-hybridized carbons (Fsp3) is 0.120. The minimum absolute atomic E-state index is 0.219. The molecule has 2 atom stereocenters. The van der Waals surface area contributed by atoms with Gasteiger partial charge >= 0.3 is 0 Å². The van der Waals surface area contributed by atoms with Crippen LogP contribution in [0.2, 0.25) is 0 Å². The molecule has 2 aliphatic rings. The van der Waals surface area contributed by atoms with Crippen LogP contribution in [0.4, 0.5) is 5.95 Å². The van der Waals surface area contributed by atoms with Gasteiger partial charge in [-0.2, -0.15) is 10.1 Å². The number of hydrogen-bond acceptors (Lipinski definition) is 5. The topological polar surface area (TPSA) is 61.2 Å². The Balaban J connectivity index is 1.61. The lowest BCUT2D eigenvalue weighted by atomic mass is 9.84. The van der Waals surface area contributed by atoms with Crippen molar-refractivity contribution in [3.63, 3.8) is 0 Å². The molecule has 0 saturated carbocycles. The number of halogens is 2. The van der Waals surface area contributed by atoms with Gasteiger partial charge in [-0.15, -0.1) is 0 Å². The molecular weight excluding hydrogens is 548 g/mol. The average Bonchev–Trinajstić information content (AvgIpc) is 3.31. The fourth-order valence-electron chi connectivity index (χ4n) is 4.50. The van der Waals surface area contributed by atoms with Crippen LogP contribution < -0.4 is 14.8 Å². The summed E-state index contributed by atoms with van der Waals surface area (Å²) in [5, 5.41) is 8.10. The molecule has 0 saturated heterocycles. The third-order valence-corrected chi connectivity index (χ3v) is 7.13. The molecule has 3 aromatic carbocycles. The second-order valence-corrected chi connectivity index (χ2v) is 9.60. The number of ether oxygens (including phenoxy) is 2. The summed E-state index contributed by atoms with van der Waals surface area (Å²) in [6, 6.07) is 22.2. The van der Waals surface area contributed by atoms with Gasteiger partial charge in [0.15, 0.2) is 0 Å². The summed E-state index contributed by atoms with van der Waals surface area (Å²) in [6.45, 7) is 0. The maximum atomic E-state index is 6.63. The molecule has 164 valence electrons. The molecule has 33 heavy (non-hydrogen) atoms. The minimum atomic E-state index is -0.307. The van der Waals surface area contributed by atoms with Crippen molar-refractivity contribution < 1.29 is 9.47 Å². The van der Waals surface area contributed by atoms with Crippen molar-refractivity contribution >= 4 is 43.5 Å². The van der Waals surface area contributed by atoms with Crippen molar-refractivity contribution in [2.75, 3.05) is 12.4 Å². The van der Waals surface area contributed by atoms with Crippen LogP contribution in [0.5, 0.6) is 11.5 Å². The lowest BCUT2D eigenvalue weighted by Gasteiger charge is -2.39. The van der Waals surface area contributed by atoms with Gasteiger partial charge in [0, 0.05) is 15.6 Å². The number of rotatable bonds is 3. The molecule has 0 radical (unpaired) electrons. The molecule has 1 aromatic heterocycles. The standard InChI is InChI=1S/C25H18Br2N4O2/c1-32-20-11-8-15(12-18(20)27)23-21-22(30-25-28-13-29-31(23)25)17-4-2-3-5-19(17)33-24(21)14-6-9-16(26)10-7-14/h2-13,23-24H,1H3,(H,28,29,30)/t23-,24+/m1/s1. The van der Waals surface area contributed by atoms with Crippen molar-refractivity contribution in [1.29, 1.82) is 0 Å². The number of nitrogens with one attached hydrogen (secondary N) is 1. The average molecular weight is 566 g/mol. The van der Waals surface area contributed by atoms with Crippen molar-refractivity contribution in [3.8, 4) is 11.5 Å². The predicted molar refractivity (Wildman–Crippen MR) is 133 cm³/mol. The summed E-state index contributed by atoms with van der Waals surface area (Å²) in [7, 11) is 1.66. The maximum absolute atomic E-state index is 6.63. The van der Waals surface area contributed by atoms with Gasteiger partial charge in [-0.3, -0.25) is 0 Å². The van der Waals surface area contributed by atoms with E-state index in [1.54, 1.807) is 13.4 Å². The van der Waals surface area contributed by atoms with E-state index >= 15 is 0 Å². The quantitative estimate of drug-likeness (QED) is 0.313. The zero-order valence-corrected chi connectivity index (χ0v) is 20.7. The summed E-state index contributed by atoms with van der Waals surface area (Å²) >= 11 is 7.19. The molecule has 0 unspecified atom stereocenters. The molecule has 0 aliphatic carbocycles. The molecule has 8 heteroatoms. The second kappa shape index (κ2) is 8.04. The van der Waals surface area contributed by atoms with Crippen molar-refractivity contribution in [2.45, 2.75) is 12.1 Å². The molecule has 1 N–H and O–H groups in total. The SMILES string of the molecule is COc1ccc([C@@H]2C3=C(Nc4ncnn42)c2ccccc2O[C@H]3c2ccc(Br)cc2)cc1Br. The van der Waals surface area contributed by atoms with Gasteiger partial charge in [0.2, 0.25) is 5.95 Å². The van der Waals surface area contributed by atoms with Crippen LogP contribution in [0.15, 0.2) is 87.6 Å². The number of nitrogens with zero attached hydrogens (tertiary/aromatic N) is 3. The molecule has 4 aromatic rings. The summed E-state index contributed by atoms with van der Waals surface area (Å²) in [5.74, 6) is 2.30. The Bertz CT molecular complexity index is 1400. The lowest BCUT2D eigenvalue weighted by Crippen LogP contribution is -2.32. The van der Waals surface area contributed by atoms with E-state index in [4.69, 9.17) is 9.47 Å². The van der Waals surface area contributed by atoms with Crippen LogP contribution in [0.25, 0.3) is 5.70 Å². The highest BCUT2D eigenvalue weighted by Crippen LogP contribution is 2.51. The molecule has 0 bridgehead atoms. The Labute approximate surface area is 207 Å². The zero-order valence-electron chi connectivity index (χ0n) is 17.5. The normalized spacial score (nSPS) is 18.5. The van der Waals surface area contributed by atoms with Crippen LogP contribution in [-0.2, 0) is 0 Å². The van der Waals surface area contributed by atoms with E-state index in [1.807, 2.05) is 41.1 Å². The van der Waals surface area contributed by atoms with E-state index in [1.165, 1.54) is 0 Å². The Hall–Kier alpha value is -3.10. The highest BCUT2D eigenvalue weighted by atomic mass is 79.9. The van der Waals surface area contributed by atoms with E-state index in [2.05, 4.69) is 77.6 Å². The number of anilines is 1. The monoisotopic (exact) mass is 564 g/mol. The Morgan fingerprint density at radius 2 is 1.79 bits per heavy atom. The summed E-state index contributed by atoms with van der Waals surface area (Å²) in [4.78, 5) is 4.49. The summed E-state index contributed by atoms with van der Waals surface area (Å²) in [6.07, 6.45) is 1.27. The van der Waals surface area contributed by atoms with Gasteiger partial charge in [-0.05, 0) is 63.5 Å². The third-order valence-electron chi connectivity index (χ3n) is 5.99. The Kier molecular flexibility index (Phi) is 4.99. The molecule has 2 aliphatic heterocycles. The van der Waals surface area contributed by atoms with Crippen LogP contribution in [0.1, 0.15) is 28.8 Å². The largest absolute Gasteiger partial charge is 0.496 e. The minimum Gasteiger partial charge on any atom is -0.496 e. The third kappa shape index (κ3) is 3.36. The summed E-state index contributed by atoms with van der Waals surface area (Å²) in [5.41, 5.74) is 5.19. The Morgan fingerprint density at radius 1 is 1.00 bits per heavy atom. The lowest BCUT2D eigenvalue weighted by molar-refractivity contribution is 0.223. The van der Waals surface area contributed by atoms with Crippen LogP contribution in [0, 0.1) is 0 Å². The van der Waals surface area contributed by atoms with Crippen LogP contribution in [0.3, 0.4) is 0 Å².